The molecule has 0 saturated heterocycles. The normalized spacial score (nSPS) is 14.3. The van der Waals surface area contributed by atoms with Gasteiger partial charge in [-0.2, -0.15) is 4.98 Å². The van der Waals surface area contributed by atoms with Crippen LogP contribution in [0, 0.1) is 0 Å². The highest BCUT2D eigenvalue weighted by molar-refractivity contribution is 7.91. The molecule has 1 fully saturated rings. The summed E-state index contributed by atoms with van der Waals surface area (Å²) in [7, 11) is -3.57. The van der Waals surface area contributed by atoms with Gasteiger partial charge in [0, 0.05) is 10.9 Å². The largest absolute Gasteiger partial charge is 0.339 e. The summed E-state index contributed by atoms with van der Waals surface area (Å²) in [5, 5.41) is 4.58. The Morgan fingerprint density at radius 1 is 1.11 bits per heavy atom. The van der Waals surface area contributed by atoms with Crippen molar-refractivity contribution >= 4 is 27.3 Å². The molecule has 0 atom stereocenters. The molecular formula is C19H18ClN3O3S. The number of para-hydroxylation sites is 1. The predicted molar refractivity (Wildman–Crippen MR) is 103 cm³/mol. The lowest BCUT2D eigenvalue weighted by Crippen LogP contribution is -2.16. The Morgan fingerprint density at radius 2 is 1.85 bits per heavy atom. The smallest absolute Gasteiger partial charge is 0.236 e. The third-order valence-corrected chi connectivity index (χ3v) is 5.82. The number of aromatic nitrogens is 2. The zero-order valence-corrected chi connectivity index (χ0v) is 16.0. The van der Waals surface area contributed by atoms with Gasteiger partial charge in [-0.05, 0) is 42.2 Å². The van der Waals surface area contributed by atoms with Crippen LogP contribution in [0.3, 0.4) is 0 Å². The van der Waals surface area contributed by atoms with Crippen molar-refractivity contribution in [1.82, 2.24) is 10.1 Å². The van der Waals surface area contributed by atoms with Gasteiger partial charge in [-0.15, -0.1) is 0 Å². The van der Waals surface area contributed by atoms with Crippen molar-refractivity contribution in [1.29, 1.82) is 0 Å². The molecule has 2 aromatic carbocycles. The number of hydrogen-bond acceptors (Lipinski definition) is 5. The highest BCUT2D eigenvalue weighted by Gasteiger charge is 2.28. The van der Waals surface area contributed by atoms with Crippen LogP contribution in [-0.4, -0.2) is 18.6 Å². The van der Waals surface area contributed by atoms with Gasteiger partial charge in [0.15, 0.2) is 5.82 Å². The lowest BCUT2D eigenvalue weighted by Gasteiger charge is -2.12. The molecule has 6 nitrogen and oxygen atoms in total. The van der Waals surface area contributed by atoms with E-state index in [1.807, 2.05) is 12.1 Å². The van der Waals surface area contributed by atoms with Crippen LogP contribution in [0.15, 0.2) is 53.1 Å². The van der Waals surface area contributed by atoms with Gasteiger partial charge in [0.25, 0.3) is 0 Å². The molecule has 0 spiro atoms. The number of rotatable bonds is 7. The Hall–Kier alpha value is -2.38. The van der Waals surface area contributed by atoms with E-state index in [1.54, 1.807) is 36.4 Å². The van der Waals surface area contributed by atoms with Crippen molar-refractivity contribution in [3.05, 3.63) is 76.4 Å². The molecule has 1 aliphatic carbocycles. The van der Waals surface area contributed by atoms with E-state index >= 15 is 0 Å². The third-order valence-electron chi connectivity index (χ3n) is 4.32. The molecule has 0 amide bonds. The van der Waals surface area contributed by atoms with Gasteiger partial charge in [0.2, 0.25) is 15.9 Å². The monoisotopic (exact) mass is 403 g/mol. The second kappa shape index (κ2) is 7.32. The first-order chi connectivity index (χ1) is 13.0. The Morgan fingerprint density at radius 3 is 2.59 bits per heavy atom. The maximum atomic E-state index is 12.6. The minimum absolute atomic E-state index is 0.134. The summed E-state index contributed by atoms with van der Waals surface area (Å²) in [6.07, 6.45) is 2.57. The molecule has 1 heterocycles. The van der Waals surface area contributed by atoms with Crippen LogP contribution in [0.25, 0.3) is 0 Å². The lowest BCUT2D eigenvalue weighted by molar-refractivity contribution is 0.379. The molecule has 1 aliphatic rings. The predicted octanol–water partition coefficient (Wildman–Crippen LogP) is 4.13. The average Bonchev–Trinajstić information content (AvgIpc) is 3.38. The second-order valence-electron chi connectivity index (χ2n) is 6.64. The van der Waals surface area contributed by atoms with Crippen LogP contribution in [0.4, 0.5) is 5.69 Å². The molecule has 1 aromatic heterocycles. The molecule has 0 unspecified atom stereocenters. The van der Waals surface area contributed by atoms with Crippen LogP contribution in [0.2, 0.25) is 5.02 Å². The standard InChI is InChI=1S/C19H18ClN3O3S/c20-16-9-5-13(6-10-16)12-27(24,25)23-17-4-2-1-3-15(17)11-18-21-19(22-26-18)14-7-8-14/h1-6,9-10,14,23H,7-8,11-12H2. The van der Waals surface area contributed by atoms with Gasteiger partial charge in [-0.3, -0.25) is 4.72 Å². The topological polar surface area (TPSA) is 85.1 Å². The number of nitrogens with one attached hydrogen (secondary N) is 1. The molecule has 0 radical (unpaired) electrons. The Labute approximate surface area is 162 Å². The van der Waals surface area contributed by atoms with Crippen LogP contribution in [0.5, 0.6) is 0 Å². The summed E-state index contributed by atoms with van der Waals surface area (Å²) in [6, 6.07) is 14.0. The lowest BCUT2D eigenvalue weighted by atomic mass is 10.1. The van der Waals surface area contributed by atoms with E-state index in [0.717, 1.165) is 24.2 Å². The van der Waals surface area contributed by atoms with E-state index in [0.29, 0.717) is 34.5 Å². The number of nitrogens with zero attached hydrogens (tertiary/aromatic N) is 2. The van der Waals surface area contributed by atoms with Crippen molar-refractivity contribution in [2.24, 2.45) is 0 Å². The highest BCUT2D eigenvalue weighted by atomic mass is 35.5. The molecule has 0 bridgehead atoms. The summed E-state index contributed by atoms with van der Waals surface area (Å²) in [4.78, 5) is 4.41. The molecule has 3 aromatic rings. The van der Waals surface area contributed by atoms with Crippen LogP contribution in [0.1, 0.15) is 41.6 Å². The van der Waals surface area contributed by atoms with Crippen molar-refractivity contribution in [2.45, 2.75) is 30.9 Å². The van der Waals surface area contributed by atoms with Gasteiger partial charge in [0.05, 0.1) is 17.9 Å². The first-order valence-electron chi connectivity index (χ1n) is 8.64. The Kier molecular flexibility index (Phi) is 4.88. The van der Waals surface area contributed by atoms with Gasteiger partial charge >= 0.3 is 0 Å². The minimum atomic E-state index is -3.57. The second-order valence-corrected chi connectivity index (χ2v) is 8.80. The molecule has 0 aliphatic heterocycles. The zero-order valence-electron chi connectivity index (χ0n) is 14.4. The summed E-state index contributed by atoms with van der Waals surface area (Å²) >= 11 is 5.85. The molecule has 27 heavy (non-hydrogen) atoms. The number of anilines is 1. The number of halogens is 1. The van der Waals surface area contributed by atoms with Crippen LogP contribution < -0.4 is 4.72 Å². The van der Waals surface area contributed by atoms with Crippen molar-refractivity contribution in [3.63, 3.8) is 0 Å². The summed E-state index contributed by atoms with van der Waals surface area (Å²) < 4.78 is 33.1. The number of benzene rings is 2. The third kappa shape index (κ3) is 4.67. The fourth-order valence-electron chi connectivity index (χ4n) is 2.79. The Balaban J connectivity index is 1.50. The van der Waals surface area contributed by atoms with Gasteiger partial charge < -0.3 is 4.52 Å². The summed E-state index contributed by atoms with van der Waals surface area (Å²) in [6.45, 7) is 0. The van der Waals surface area contributed by atoms with Crippen molar-refractivity contribution in [2.75, 3.05) is 4.72 Å². The zero-order chi connectivity index (χ0) is 18.9. The molecule has 4 rings (SSSR count). The molecule has 8 heteroatoms. The Bertz CT molecular complexity index is 1040. The van der Waals surface area contributed by atoms with Crippen molar-refractivity contribution in [3.8, 4) is 0 Å². The first-order valence-corrected chi connectivity index (χ1v) is 10.7. The van der Waals surface area contributed by atoms with Crippen molar-refractivity contribution < 1.29 is 12.9 Å². The highest BCUT2D eigenvalue weighted by Crippen LogP contribution is 2.38. The summed E-state index contributed by atoms with van der Waals surface area (Å²) in [5.74, 6) is 1.51. The molecule has 140 valence electrons. The van der Waals surface area contributed by atoms with Crippen LogP contribution in [-0.2, 0) is 22.2 Å². The average molecular weight is 404 g/mol. The maximum absolute atomic E-state index is 12.6. The fraction of sp³-hybridized carbons (Fsp3) is 0.263. The first kappa shape index (κ1) is 18.0. The quantitative estimate of drug-likeness (QED) is 0.641. The van der Waals surface area contributed by atoms with E-state index < -0.39 is 10.0 Å². The fourth-order valence-corrected chi connectivity index (χ4v) is 4.15. The SMILES string of the molecule is O=S(=O)(Cc1ccc(Cl)cc1)Nc1ccccc1Cc1nc(C2CC2)no1. The molecular weight excluding hydrogens is 386 g/mol. The minimum Gasteiger partial charge on any atom is -0.339 e. The number of hydrogen-bond donors (Lipinski definition) is 1. The number of sulfonamides is 1. The van der Waals surface area contributed by atoms with Gasteiger partial charge in [-0.25, -0.2) is 8.42 Å². The van der Waals surface area contributed by atoms with E-state index in [1.165, 1.54) is 0 Å². The summed E-state index contributed by atoms with van der Waals surface area (Å²) in [5.41, 5.74) is 1.95. The van der Waals surface area contributed by atoms with Crippen LogP contribution >= 0.6 is 11.6 Å². The van der Waals surface area contributed by atoms with E-state index in [2.05, 4.69) is 14.9 Å². The maximum Gasteiger partial charge on any atom is 0.236 e. The molecule has 1 N–H and O–H groups in total. The van der Waals surface area contributed by atoms with Gasteiger partial charge in [-0.1, -0.05) is 47.1 Å². The molecule has 1 saturated carbocycles. The van der Waals surface area contributed by atoms with E-state index in [-0.39, 0.29) is 5.75 Å². The van der Waals surface area contributed by atoms with E-state index in [9.17, 15) is 8.42 Å². The van der Waals surface area contributed by atoms with Gasteiger partial charge in [0.1, 0.15) is 0 Å². The van der Waals surface area contributed by atoms with E-state index in [4.69, 9.17) is 16.1 Å².